The molecule has 0 spiro atoms. The number of ether oxygens (including phenoxy) is 1. The fourth-order valence-electron chi connectivity index (χ4n) is 2.53. The van der Waals surface area contributed by atoms with E-state index in [2.05, 4.69) is 6.08 Å². The first kappa shape index (κ1) is 10.9. The van der Waals surface area contributed by atoms with Crippen molar-refractivity contribution in [3.8, 4) is 0 Å². The van der Waals surface area contributed by atoms with Gasteiger partial charge >= 0.3 is 0 Å². The molecule has 84 valence electrons. The lowest BCUT2D eigenvalue weighted by Gasteiger charge is -2.34. The molecule has 2 rings (SSSR count). The molecule has 0 aliphatic heterocycles. The Labute approximate surface area is 91.7 Å². The van der Waals surface area contributed by atoms with Crippen molar-refractivity contribution >= 4 is 5.78 Å². The van der Waals surface area contributed by atoms with Gasteiger partial charge < -0.3 is 4.74 Å². The van der Waals surface area contributed by atoms with Crippen molar-refractivity contribution in [2.24, 2.45) is 5.92 Å². The Kier molecular flexibility index (Phi) is 3.57. The second kappa shape index (κ2) is 4.93. The van der Waals surface area contributed by atoms with Crippen molar-refractivity contribution in [3.05, 3.63) is 11.6 Å². The van der Waals surface area contributed by atoms with Crippen molar-refractivity contribution in [1.82, 2.24) is 0 Å². The molecular formula is C13H20O2. The molecule has 0 saturated heterocycles. The molecule has 2 aliphatic carbocycles. The summed E-state index contributed by atoms with van der Waals surface area (Å²) in [5, 5.41) is 0. The van der Waals surface area contributed by atoms with E-state index in [1.165, 1.54) is 6.42 Å². The van der Waals surface area contributed by atoms with E-state index in [-0.39, 0.29) is 0 Å². The molecule has 0 aromatic heterocycles. The molecule has 0 heterocycles. The number of allylic oxidation sites excluding steroid dienone is 2. The van der Waals surface area contributed by atoms with Crippen LogP contribution >= 0.6 is 0 Å². The Morgan fingerprint density at radius 3 is 2.93 bits per heavy atom. The maximum absolute atomic E-state index is 11.8. The van der Waals surface area contributed by atoms with Gasteiger partial charge in [-0.1, -0.05) is 6.08 Å². The third-order valence-electron chi connectivity index (χ3n) is 3.47. The van der Waals surface area contributed by atoms with Crippen LogP contribution in [-0.4, -0.2) is 18.5 Å². The van der Waals surface area contributed by atoms with E-state index in [9.17, 15) is 4.79 Å². The molecule has 0 N–H and O–H groups in total. The summed E-state index contributed by atoms with van der Waals surface area (Å²) < 4.78 is 5.49. The largest absolute Gasteiger partial charge is 0.378 e. The molecular weight excluding hydrogens is 188 g/mol. The van der Waals surface area contributed by atoms with Gasteiger partial charge in [0.05, 0.1) is 6.10 Å². The van der Waals surface area contributed by atoms with Gasteiger partial charge in [-0.2, -0.15) is 0 Å². The van der Waals surface area contributed by atoms with E-state index in [0.717, 1.165) is 44.3 Å². The highest BCUT2D eigenvalue weighted by molar-refractivity contribution is 5.95. The number of rotatable bonds is 5. The summed E-state index contributed by atoms with van der Waals surface area (Å²) in [4.78, 5) is 11.8. The first-order chi connectivity index (χ1) is 7.29. The molecule has 1 fully saturated rings. The van der Waals surface area contributed by atoms with E-state index in [1.807, 2.05) is 6.92 Å². The van der Waals surface area contributed by atoms with Crippen LogP contribution in [0, 0.1) is 5.92 Å². The fourth-order valence-corrected chi connectivity index (χ4v) is 2.53. The van der Waals surface area contributed by atoms with Crippen LogP contribution in [-0.2, 0) is 9.53 Å². The molecule has 0 radical (unpaired) electrons. The summed E-state index contributed by atoms with van der Waals surface area (Å²) in [6.45, 7) is 2.83. The van der Waals surface area contributed by atoms with Gasteiger partial charge in [-0.3, -0.25) is 4.79 Å². The molecule has 0 bridgehead atoms. The Balaban J connectivity index is 1.68. The minimum absolute atomic E-state index is 0.396. The molecule has 2 aliphatic rings. The first-order valence-corrected chi connectivity index (χ1v) is 6.13. The summed E-state index contributed by atoms with van der Waals surface area (Å²) in [5.41, 5.74) is 1.09. The van der Waals surface area contributed by atoms with Crippen molar-refractivity contribution in [1.29, 1.82) is 0 Å². The maximum atomic E-state index is 11.8. The molecule has 15 heavy (non-hydrogen) atoms. The Morgan fingerprint density at radius 2 is 2.33 bits per heavy atom. The normalized spacial score (nSPS) is 29.8. The number of hydrogen-bond acceptors (Lipinski definition) is 2. The van der Waals surface area contributed by atoms with Gasteiger partial charge in [-0.05, 0) is 50.5 Å². The molecule has 0 aromatic carbocycles. The lowest BCUT2D eigenvalue weighted by Crippen LogP contribution is -2.32. The van der Waals surface area contributed by atoms with Crippen LogP contribution < -0.4 is 0 Å². The fraction of sp³-hybridized carbons (Fsp3) is 0.769. The van der Waals surface area contributed by atoms with E-state index in [0.29, 0.717) is 17.8 Å². The first-order valence-electron chi connectivity index (χ1n) is 6.13. The molecule has 0 unspecified atom stereocenters. The Bertz CT molecular complexity index is 262. The number of hydrogen-bond donors (Lipinski definition) is 0. The van der Waals surface area contributed by atoms with Crippen LogP contribution in [0.5, 0.6) is 0 Å². The van der Waals surface area contributed by atoms with Crippen LogP contribution in [0.15, 0.2) is 11.6 Å². The van der Waals surface area contributed by atoms with Crippen molar-refractivity contribution in [2.45, 2.75) is 51.6 Å². The van der Waals surface area contributed by atoms with Crippen molar-refractivity contribution in [2.75, 3.05) is 6.61 Å². The number of ketones is 1. The lowest BCUT2D eigenvalue weighted by atomic mass is 9.78. The summed E-state index contributed by atoms with van der Waals surface area (Å²) >= 11 is 0. The average Bonchev–Trinajstić information content (AvgIpc) is 2.67. The maximum Gasteiger partial charge on any atom is 0.158 e. The minimum atomic E-state index is 0.396. The van der Waals surface area contributed by atoms with Crippen LogP contribution in [0.3, 0.4) is 0 Å². The third-order valence-corrected chi connectivity index (χ3v) is 3.47. The highest BCUT2D eigenvalue weighted by Crippen LogP contribution is 2.34. The van der Waals surface area contributed by atoms with Crippen LogP contribution in [0.1, 0.15) is 45.4 Å². The van der Waals surface area contributed by atoms with Gasteiger partial charge in [0, 0.05) is 13.0 Å². The molecule has 0 atom stereocenters. The average molecular weight is 208 g/mol. The van der Waals surface area contributed by atoms with Crippen molar-refractivity contribution in [3.63, 3.8) is 0 Å². The van der Waals surface area contributed by atoms with Gasteiger partial charge in [0.1, 0.15) is 0 Å². The second-order valence-electron chi connectivity index (χ2n) is 4.66. The summed E-state index contributed by atoms with van der Waals surface area (Å²) in [7, 11) is 0. The predicted octanol–water partition coefficient (Wildman–Crippen LogP) is 2.87. The lowest BCUT2D eigenvalue weighted by molar-refractivity contribution is -0.118. The van der Waals surface area contributed by atoms with E-state index < -0.39 is 0 Å². The van der Waals surface area contributed by atoms with Crippen LogP contribution in [0.2, 0.25) is 0 Å². The molecule has 1 saturated carbocycles. The molecule has 0 aromatic rings. The quantitative estimate of drug-likeness (QED) is 0.694. The molecule has 2 nitrogen and oxygen atoms in total. The summed E-state index contributed by atoms with van der Waals surface area (Å²) in [5.74, 6) is 0.989. The summed E-state index contributed by atoms with van der Waals surface area (Å²) in [6, 6.07) is 0. The second-order valence-corrected chi connectivity index (χ2v) is 4.66. The van der Waals surface area contributed by atoms with E-state index in [1.54, 1.807) is 0 Å². The van der Waals surface area contributed by atoms with Gasteiger partial charge in [0.15, 0.2) is 5.78 Å². The van der Waals surface area contributed by atoms with Gasteiger partial charge in [0.2, 0.25) is 0 Å². The van der Waals surface area contributed by atoms with Crippen LogP contribution in [0.25, 0.3) is 0 Å². The highest BCUT2D eigenvalue weighted by atomic mass is 16.5. The smallest absolute Gasteiger partial charge is 0.158 e. The zero-order valence-electron chi connectivity index (χ0n) is 9.50. The predicted molar refractivity (Wildman–Crippen MR) is 59.7 cm³/mol. The topological polar surface area (TPSA) is 26.3 Å². The zero-order valence-corrected chi connectivity index (χ0v) is 9.50. The monoisotopic (exact) mass is 208 g/mol. The number of carbonyl (C=O) groups excluding carboxylic acids is 1. The Morgan fingerprint density at radius 1 is 1.53 bits per heavy atom. The third kappa shape index (κ3) is 2.69. The van der Waals surface area contributed by atoms with E-state index in [4.69, 9.17) is 4.74 Å². The minimum Gasteiger partial charge on any atom is -0.378 e. The van der Waals surface area contributed by atoms with Gasteiger partial charge in [0.25, 0.3) is 0 Å². The zero-order chi connectivity index (χ0) is 10.7. The van der Waals surface area contributed by atoms with E-state index >= 15 is 0 Å². The SMILES string of the molecule is CCOC1CC(CC(=O)C2=CCCC2)C1. The summed E-state index contributed by atoms with van der Waals surface area (Å²) in [6.07, 6.45) is 8.79. The van der Waals surface area contributed by atoms with Crippen molar-refractivity contribution < 1.29 is 9.53 Å². The molecule has 0 amide bonds. The molecule has 2 heteroatoms. The van der Waals surface area contributed by atoms with Crippen LogP contribution in [0.4, 0.5) is 0 Å². The van der Waals surface area contributed by atoms with Gasteiger partial charge in [-0.15, -0.1) is 0 Å². The van der Waals surface area contributed by atoms with Gasteiger partial charge in [-0.25, -0.2) is 0 Å². The standard InChI is InChI=1S/C13H20O2/c1-2-15-12-7-10(8-12)9-13(14)11-5-3-4-6-11/h5,10,12H,2-4,6-9H2,1H3. The number of carbonyl (C=O) groups is 1. The number of Topliss-reactive ketones (excluding diaryl/α,β-unsaturated/α-hetero) is 1. The highest BCUT2D eigenvalue weighted by Gasteiger charge is 2.31. The Hall–Kier alpha value is -0.630.